The van der Waals surface area contributed by atoms with Crippen molar-refractivity contribution in [2.24, 2.45) is 0 Å². The number of hydrogen-bond donors (Lipinski definition) is 1. The van der Waals surface area contributed by atoms with Crippen molar-refractivity contribution in [1.29, 1.82) is 0 Å². The van der Waals surface area contributed by atoms with Gasteiger partial charge in [0.25, 0.3) is 5.91 Å². The molecule has 7 heteroatoms. The van der Waals surface area contributed by atoms with E-state index in [4.69, 9.17) is 5.10 Å². The van der Waals surface area contributed by atoms with Crippen LogP contribution in [-0.4, -0.2) is 32.2 Å². The average Bonchev–Trinajstić information content (AvgIpc) is 3.36. The minimum Gasteiger partial charge on any atom is -0.348 e. The van der Waals surface area contributed by atoms with Gasteiger partial charge in [0, 0.05) is 24.0 Å². The quantitative estimate of drug-likeness (QED) is 0.549. The topological polar surface area (TPSA) is 72.7 Å². The molecule has 1 N–H and O–H groups in total. The number of carbonyl (C=O) groups excluding carboxylic acids is 1. The third-order valence-electron chi connectivity index (χ3n) is 5.26. The van der Waals surface area contributed by atoms with Crippen LogP contribution in [0.15, 0.2) is 48.7 Å². The number of fused-ring (bicyclic) bond motifs is 2. The molecule has 3 heterocycles. The van der Waals surface area contributed by atoms with Gasteiger partial charge in [0.1, 0.15) is 5.69 Å². The van der Waals surface area contributed by atoms with Crippen molar-refractivity contribution in [1.82, 2.24) is 25.1 Å². The molecule has 0 saturated heterocycles. The minimum atomic E-state index is -0.128. The van der Waals surface area contributed by atoms with Gasteiger partial charge < -0.3 is 5.32 Å². The number of amides is 1. The SMILES string of the molecule is O=C(NCCn1nc(-c2ccccn2)c2c1CCCC2)c1nc2ccccc2s1. The first-order chi connectivity index (χ1) is 14.3. The van der Waals surface area contributed by atoms with Gasteiger partial charge in [-0.1, -0.05) is 18.2 Å². The Labute approximate surface area is 172 Å². The highest BCUT2D eigenvalue weighted by Gasteiger charge is 2.22. The van der Waals surface area contributed by atoms with Gasteiger partial charge in [0.2, 0.25) is 0 Å². The number of pyridine rings is 1. The molecular weight excluding hydrogens is 382 g/mol. The van der Waals surface area contributed by atoms with Crippen LogP contribution in [0.5, 0.6) is 0 Å². The zero-order valence-electron chi connectivity index (χ0n) is 16.0. The second-order valence-electron chi connectivity index (χ2n) is 7.16. The molecule has 146 valence electrons. The van der Waals surface area contributed by atoms with E-state index in [9.17, 15) is 4.79 Å². The van der Waals surface area contributed by atoms with Crippen LogP contribution in [0.25, 0.3) is 21.6 Å². The molecule has 29 heavy (non-hydrogen) atoms. The highest BCUT2D eigenvalue weighted by atomic mass is 32.1. The molecule has 6 nitrogen and oxygen atoms in total. The monoisotopic (exact) mass is 403 g/mol. The van der Waals surface area contributed by atoms with E-state index < -0.39 is 0 Å². The van der Waals surface area contributed by atoms with Gasteiger partial charge >= 0.3 is 0 Å². The summed E-state index contributed by atoms with van der Waals surface area (Å²) in [6.45, 7) is 1.16. The maximum atomic E-state index is 12.5. The number of carbonyl (C=O) groups is 1. The molecule has 0 radical (unpaired) electrons. The zero-order chi connectivity index (χ0) is 19.6. The first-order valence-corrected chi connectivity index (χ1v) is 10.7. The summed E-state index contributed by atoms with van der Waals surface area (Å²) in [7, 11) is 0. The maximum absolute atomic E-state index is 12.5. The molecule has 0 atom stereocenters. The number of para-hydroxylation sites is 1. The average molecular weight is 404 g/mol. The van der Waals surface area contributed by atoms with Crippen LogP contribution >= 0.6 is 11.3 Å². The van der Waals surface area contributed by atoms with E-state index in [1.54, 1.807) is 0 Å². The van der Waals surface area contributed by atoms with Crippen LogP contribution in [0.3, 0.4) is 0 Å². The van der Waals surface area contributed by atoms with Crippen LogP contribution in [0.2, 0.25) is 0 Å². The molecule has 0 unspecified atom stereocenters. The van der Waals surface area contributed by atoms with Gasteiger partial charge in [-0.25, -0.2) is 4.98 Å². The Hall–Kier alpha value is -3.06. The molecule has 4 aromatic rings. The lowest BCUT2D eigenvalue weighted by Crippen LogP contribution is -2.28. The molecule has 1 aliphatic carbocycles. The molecule has 0 spiro atoms. The third kappa shape index (κ3) is 3.53. The second kappa shape index (κ2) is 7.75. The predicted octanol–water partition coefficient (Wildman–Crippen LogP) is 3.86. The smallest absolute Gasteiger partial charge is 0.280 e. The molecule has 0 fully saturated rings. The number of nitrogens with zero attached hydrogens (tertiary/aromatic N) is 4. The van der Waals surface area contributed by atoms with Crippen molar-refractivity contribution in [3.63, 3.8) is 0 Å². The Kier molecular flexibility index (Phi) is 4.81. The Balaban J connectivity index is 1.32. The first-order valence-electron chi connectivity index (χ1n) is 9.93. The summed E-state index contributed by atoms with van der Waals surface area (Å²) >= 11 is 1.42. The lowest BCUT2D eigenvalue weighted by Gasteiger charge is -2.14. The number of hydrogen-bond acceptors (Lipinski definition) is 5. The molecule has 1 aromatic carbocycles. The summed E-state index contributed by atoms with van der Waals surface area (Å²) in [6, 6.07) is 13.7. The van der Waals surface area contributed by atoms with E-state index in [2.05, 4.69) is 20.0 Å². The Morgan fingerprint density at radius 2 is 1.97 bits per heavy atom. The summed E-state index contributed by atoms with van der Waals surface area (Å²) in [4.78, 5) is 21.4. The fourth-order valence-corrected chi connectivity index (χ4v) is 4.77. The fraction of sp³-hybridized carbons (Fsp3) is 0.273. The molecule has 1 aliphatic rings. The van der Waals surface area contributed by atoms with Crippen LogP contribution in [0.1, 0.15) is 33.9 Å². The number of benzene rings is 1. The largest absolute Gasteiger partial charge is 0.348 e. The van der Waals surface area contributed by atoms with Gasteiger partial charge in [-0.2, -0.15) is 5.10 Å². The summed E-state index contributed by atoms with van der Waals surface area (Å²) in [5.41, 5.74) is 5.36. The van der Waals surface area contributed by atoms with E-state index in [1.807, 2.05) is 48.7 Å². The van der Waals surface area contributed by atoms with E-state index >= 15 is 0 Å². The van der Waals surface area contributed by atoms with Gasteiger partial charge in [-0.05, 0) is 49.9 Å². The highest BCUT2D eigenvalue weighted by molar-refractivity contribution is 7.20. The lowest BCUT2D eigenvalue weighted by molar-refractivity contribution is 0.0951. The Morgan fingerprint density at radius 3 is 2.83 bits per heavy atom. The van der Waals surface area contributed by atoms with Crippen LogP contribution in [-0.2, 0) is 19.4 Å². The molecule has 5 rings (SSSR count). The summed E-state index contributed by atoms with van der Waals surface area (Å²) in [6.07, 6.45) is 6.24. The molecule has 0 saturated carbocycles. The molecular formula is C22H21N5OS. The highest BCUT2D eigenvalue weighted by Crippen LogP contribution is 2.30. The van der Waals surface area contributed by atoms with Crippen molar-refractivity contribution in [3.8, 4) is 11.4 Å². The first kappa shape index (κ1) is 18.0. The van der Waals surface area contributed by atoms with Crippen LogP contribution in [0.4, 0.5) is 0 Å². The van der Waals surface area contributed by atoms with Gasteiger partial charge in [0.05, 0.1) is 22.5 Å². The minimum absolute atomic E-state index is 0.128. The van der Waals surface area contributed by atoms with E-state index in [1.165, 1.54) is 35.4 Å². The van der Waals surface area contributed by atoms with Gasteiger partial charge in [-0.15, -0.1) is 11.3 Å². The van der Waals surface area contributed by atoms with Gasteiger partial charge in [-0.3, -0.25) is 14.5 Å². The summed E-state index contributed by atoms with van der Waals surface area (Å²) < 4.78 is 3.08. The van der Waals surface area contributed by atoms with Gasteiger partial charge in [0.15, 0.2) is 5.01 Å². The van der Waals surface area contributed by atoms with Crippen LogP contribution < -0.4 is 5.32 Å². The van der Waals surface area contributed by atoms with Crippen molar-refractivity contribution < 1.29 is 4.79 Å². The Morgan fingerprint density at radius 1 is 1.10 bits per heavy atom. The van der Waals surface area contributed by atoms with E-state index in [0.29, 0.717) is 18.1 Å². The normalized spacial score (nSPS) is 13.4. The molecule has 0 aliphatic heterocycles. The second-order valence-corrected chi connectivity index (χ2v) is 8.19. The fourth-order valence-electron chi connectivity index (χ4n) is 3.88. The summed E-state index contributed by atoms with van der Waals surface area (Å²) in [5, 5.41) is 8.36. The van der Waals surface area contributed by atoms with Crippen molar-refractivity contribution in [2.75, 3.05) is 6.54 Å². The number of rotatable bonds is 5. The lowest BCUT2D eigenvalue weighted by atomic mass is 9.95. The van der Waals surface area contributed by atoms with Crippen molar-refractivity contribution in [3.05, 3.63) is 64.9 Å². The number of aromatic nitrogens is 4. The summed E-state index contributed by atoms with van der Waals surface area (Å²) in [5.74, 6) is -0.128. The third-order valence-corrected chi connectivity index (χ3v) is 6.30. The van der Waals surface area contributed by atoms with E-state index in [0.717, 1.165) is 34.4 Å². The van der Waals surface area contributed by atoms with E-state index in [-0.39, 0.29) is 5.91 Å². The molecule has 1 amide bonds. The Bertz CT molecular complexity index is 1130. The van der Waals surface area contributed by atoms with Crippen molar-refractivity contribution >= 4 is 27.5 Å². The molecule has 3 aromatic heterocycles. The number of nitrogens with one attached hydrogen (secondary N) is 1. The number of thiazole rings is 1. The predicted molar refractivity (Wildman–Crippen MR) is 114 cm³/mol. The zero-order valence-corrected chi connectivity index (χ0v) is 16.8. The molecule has 0 bridgehead atoms. The van der Waals surface area contributed by atoms with Crippen LogP contribution in [0, 0.1) is 0 Å². The maximum Gasteiger partial charge on any atom is 0.280 e. The van der Waals surface area contributed by atoms with Crippen molar-refractivity contribution in [2.45, 2.75) is 32.2 Å². The standard InChI is InChI=1S/C22H21N5OS/c28-21(22-25-16-8-2-4-11-19(16)29-22)24-13-14-27-18-10-3-1-7-15(18)20(26-27)17-9-5-6-12-23-17/h2,4-6,8-9,11-12H,1,3,7,10,13-14H2,(H,24,28).